The van der Waals surface area contributed by atoms with Gasteiger partial charge in [-0.05, 0) is 6.42 Å². The number of methoxy groups -OCH3 is 1. The van der Waals surface area contributed by atoms with Gasteiger partial charge in [-0.1, -0.05) is 18.7 Å². The molecule has 0 N–H and O–H groups in total. The fourth-order valence-corrected chi connectivity index (χ4v) is 2.39. The van der Waals surface area contributed by atoms with Crippen molar-refractivity contribution < 1.29 is 4.74 Å². The Morgan fingerprint density at radius 3 is 2.93 bits per heavy atom. The van der Waals surface area contributed by atoms with Crippen LogP contribution in [0.4, 0.5) is 0 Å². The number of thioether (sulfide) groups is 1. The van der Waals surface area contributed by atoms with Crippen molar-refractivity contribution in [3.05, 3.63) is 11.9 Å². The number of imidazole rings is 1. The summed E-state index contributed by atoms with van der Waals surface area (Å²) in [5.74, 6) is 0.510. The van der Waals surface area contributed by atoms with Crippen LogP contribution >= 0.6 is 23.4 Å². The summed E-state index contributed by atoms with van der Waals surface area (Å²) in [5, 5.41) is 1.53. The number of halogens is 1. The highest BCUT2D eigenvalue weighted by Crippen LogP contribution is 2.24. The van der Waals surface area contributed by atoms with Crippen molar-refractivity contribution in [2.45, 2.75) is 29.6 Å². The van der Waals surface area contributed by atoms with E-state index in [1.807, 2.05) is 17.8 Å². The second-order valence-corrected chi connectivity index (χ2v) is 5.11. The molecule has 0 saturated heterocycles. The number of hydrogen-bond donors (Lipinski definition) is 0. The highest BCUT2D eigenvalue weighted by molar-refractivity contribution is 7.99. The molecule has 0 saturated carbocycles. The quantitative estimate of drug-likeness (QED) is 0.572. The number of rotatable bonds is 6. The molecule has 1 heterocycles. The zero-order valence-corrected chi connectivity index (χ0v) is 10.9. The fourth-order valence-electron chi connectivity index (χ4n) is 1.18. The highest BCUT2D eigenvalue weighted by Gasteiger charge is 2.10. The molecule has 1 atom stereocenters. The zero-order chi connectivity index (χ0) is 11.3. The van der Waals surface area contributed by atoms with E-state index >= 15 is 0 Å². The molecular weight excluding hydrogens is 232 g/mol. The normalized spacial score (nSPS) is 13.1. The van der Waals surface area contributed by atoms with E-state index in [1.165, 1.54) is 0 Å². The summed E-state index contributed by atoms with van der Waals surface area (Å²) in [6.45, 7) is 2.97. The average Bonchev–Trinajstić information content (AvgIpc) is 2.57. The number of nitrogens with zero attached hydrogens (tertiary/aromatic N) is 2. The average molecular weight is 249 g/mol. The van der Waals surface area contributed by atoms with Gasteiger partial charge >= 0.3 is 0 Å². The molecule has 1 aromatic heterocycles. The van der Waals surface area contributed by atoms with E-state index in [0.29, 0.717) is 11.1 Å². The Morgan fingerprint density at radius 1 is 1.67 bits per heavy atom. The zero-order valence-electron chi connectivity index (χ0n) is 9.36. The highest BCUT2D eigenvalue weighted by atomic mass is 35.5. The summed E-state index contributed by atoms with van der Waals surface area (Å²) in [7, 11) is 3.72. The van der Waals surface area contributed by atoms with Gasteiger partial charge in [-0.15, -0.1) is 11.6 Å². The van der Waals surface area contributed by atoms with Crippen LogP contribution in [0.25, 0.3) is 0 Å². The van der Waals surface area contributed by atoms with E-state index in [4.69, 9.17) is 16.3 Å². The van der Waals surface area contributed by atoms with Crippen molar-refractivity contribution >= 4 is 23.4 Å². The van der Waals surface area contributed by atoms with Gasteiger partial charge in [0.25, 0.3) is 0 Å². The van der Waals surface area contributed by atoms with Crippen LogP contribution in [0.3, 0.4) is 0 Å². The Morgan fingerprint density at radius 2 is 2.40 bits per heavy atom. The maximum Gasteiger partial charge on any atom is 0.168 e. The molecule has 0 amide bonds. The van der Waals surface area contributed by atoms with Gasteiger partial charge in [0.2, 0.25) is 0 Å². The molecule has 0 spiro atoms. The lowest BCUT2D eigenvalue weighted by molar-refractivity contribution is 0.195. The lowest BCUT2D eigenvalue weighted by Crippen LogP contribution is -2.04. The second-order valence-electron chi connectivity index (χ2n) is 3.43. The van der Waals surface area contributed by atoms with Gasteiger partial charge in [-0.25, -0.2) is 4.98 Å². The maximum atomic E-state index is 5.78. The number of alkyl halides is 1. The van der Waals surface area contributed by atoms with Crippen LogP contribution in [0.1, 0.15) is 19.0 Å². The summed E-state index contributed by atoms with van der Waals surface area (Å²) in [4.78, 5) is 4.34. The first-order chi connectivity index (χ1) is 7.19. The molecule has 1 unspecified atom stereocenters. The topological polar surface area (TPSA) is 27.1 Å². The molecule has 0 radical (unpaired) electrons. The van der Waals surface area contributed by atoms with E-state index in [1.54, 1.807) is 18.9 Å². The third-order valence-electron chi connectivity index (χ3n) is 2.21. The molecule has 0 fully saturated rings. The molecule has 15 heavy (non-hydrogen) atoms. The second kappa shape index (κ2) is 6.40. The minimum Gasteiger partial charge on any atom is -0.385 e. The van der Waals surface area contributed by atoms with Gasteiger partial charge < -0.3 is 9.30 Å². The Labute approximate surface area is 100 Å². The van der Waals surface area contributed by atoms with Crippen LogP contribution in [0.15, 0.2) is 11.4 Å². The first-order valence-corrected chi connectivity index (χ1v) is 6.32. The van der Waals surface area contributed by atoms with E-state index in [2.05, 4.69) is 11.9 Å². The Kier molecular flexibility index (Phi) is 5.50. The van der Waals surface area contributed by atoms with Crippen LogP contribution in [0, 0.1) is 0 Å². The minimum absolute atomic E-state index is 0.509. The van der Waals surface area contributed by atoms with Crippen LogP contribution < -0.4 is 0 Å². The number of ether oxygens (including phenoxy) is 1. The van der Waals surface area contributed by atoms with E-state index in [-0.39, 0.29) is 0 Å². The fraction of sp³-hybridized carbons (Fsp3) is 0.700. The summed E-state index contributed by atoms with van der Waals surface area (Å²) in [5.41, 5.74) is 1.05. The van der Waals surface area contributed by atoms with E-state index in [0.717, 1.165) is 23.9 Å². The van der Waals surface area contributed by atoms with Crippen molar-refractivity contribution in [1.82, 2.24) is 9.55 Å². The van der Waals surface area contributed by atoms with Crippen LogP contribution in [-0.2, 0) is 17.7 Å². The molecule has 1 rings (SSSR count). The molecule has 0 aliphatic heterocycles. The number of hydrogen-bond acceptors (Lipinski definition) is 3. The number of aromatic nitrogens is 2. The Hall–Kier alpha value is -0.190. The summed E-state index contributed by atoms with van der Waals surface area (Å²) >= 11 is 7.54. The van der Waals surface area contributed by atoms with E-state index in [9.17, 15) is 0 Å². The van der Waals surface area contributed by atoms with Crippen molar-refractivity contribution in [3.8, 4) is 0 Å². The lowest BCUT2D eigenvalue weighted by atomic mass is 10.3. The summed E-state index contributed by atoms with van der Waals surface area (Å²) in [6, 6.07) is 0. The predicted octanol–water partition coefficient (Wildman–Crippen LogP) is 2.68. The van der Waals surface area contributed by atoms with Crippen molar-refractivity contribution in [1.29, 1.82) is 0 Å². The van der Waals surface area contributed by atoms with Crippen LogP contribution in [0.5, 0.6) is 0 Å². The Balaban J connectivity index is 2.52. The smallest absolute Gasteiger partial charge is 0.168 e. The summed E-state index contributed by atoms with van der Waals surface area (Å²) in [6.07, 6.45) is 2.86. The predicted molar refractivity (Wildman–Crippen MR) is 64.6 cm³/mol. The van der Waals surface area contributed by atoms with Crippen molar-refractivity contribution in [3.63, 3.8) is 0 Å². The molecule has 0 aliphatic rings. The first kappa shape index (κ1) is 12.9. The monoisotopic (exact) mass is 248 g/mol. The third kappa shape index (κ3) is 3.70. The molecule has 0 aliphatic carbocycles. The summed E-state index contributed by atoms with van der Waals surface area (Å²) < 4.78 is 7.09. The molecule has 5 heteroatoms. The van der Waals surface area contributed by atoms with Crippen LogP contribution in [0.2, 0.25) is 0 Å². The van der Waals surface area contributed by atoms with Crippen molar-refractivity contribution in [2.75, 3.05) is 13.7 Å². The standard InChI is InChI=1S/C10H17ClN2OS/c1-8(4-5-14-3)15-10-12-7-9(6-11)13(10)2/h7-8H,4-6H2,1-3H3. The van der Waals surface area contributed by atoms with Gasteiger partial charge in [0, 0.05) is 26.0 Å². The Bertz CT molecular complexity index is 304. The SMILES string of the molecule is COCCC(C)Sc1ncc(CCl)n1C. The minimum atomic E-state index is 0.509. The lowest BCUT2D eigenvalue weighted by Gasteiger charge is -2.10. The van der Waals surface area contributed by atoms with E-state index < -0.39 is 0 Å². The molecule has 0 bridgehead atoms. The molecule has 3 nitrogen and oxygen atoms in total. The van der Waals surface area contributed by atoms with Crippen molar-refractivity contribution in [2.24, 2.45) is 7.05 Å². The van der Waals surface area contributed by atoms with Gasteiger partial charge in [-0.2, -0.15) is 0 Å². The van der Waals surface area contributed by atoms with Gasteiger partial charge in [0.05, 0.1) is 17.8 Å². The van der Waals surface area contributed by atoms with Crippen LogP contribution in [-0.4, -0.2) is 28.5 Å². The maximum absolute atomic E-state index is 5.78. The molecular formula is C10H17ClN2OS. The molecule has 0 aromatic carbocycles. The third-order valence-corrected chi connectivity index (χ3v) is 3.72. The molecule has 1 aromatic rings. The van der Waals surface area contributed by atoms with Gasteiger partial charge in [0.1, 0.15) is 0 Å². The first-order valence-electron chi connectivity index (χ1n) is 4.91. The van der Waals surface area contributed by atoms with Gasteiger partial charge in [-0.3, -0.25) is 0 Å². The van der Waals surface area contributed by atoms with Gasteiger partial charge in [0.15, 0.2) is 5.16 Å². The molecule has 86 valence electrons. The largest absolute Gasteiger partial charge is 0.385 e.